The van der Waals surface area contributed by atoms with Gasteiger partial charge in [-0.3, -0.25) is 4.55 Å². The van der Waals surface area contributed by atoms with Crippen molar-refractivity contribution in [2.75, 3.05) is 5.73 Å². The fourth-order valence-electron chi connectivity index (χ4n) is 1.55. The Bertz CT molecular complexity index is 665. The third-order valence-electron chi connectivity index (χ3n) is 2.17. The minimum Gasteiger partial charge on any atom is -0.398 e. The van der Waals surface area contributed by atoms with Gasteiger partial charge in [0.2, 0.25) is 0 Å². The fourth-order valence-corrected chi connectivity index (χ4v) is 2.38. The van der Waals surface area contributed by atoms with Crippen LogP contribution in [-0.2, 0) is 10.1 Å². The van der Waals surface area contributed by atoms with E-state index < -0.39 is 10.1 Å². The number of benzene rings is 2. The first-order valence-corrected chi connectivity index (χ1v) is 5.89. The second-order valence-corrected chi connectivity index (χ2v) is 4.54. The molecule has 2 aromatic rings. The molecule has 17 heavy (non-hydrogen) atoms. The summed E-state index contributed by atoms with van der Waals surface area (Å²) in [6.45, 7) is 0. The van der Waals surface area contributed by atoms with Gasteiger partial charge in [-0.25, -0.2) is 0 Å². The molecule has 0 bridgehead atoms. The smallest absolute Gasteiger partial charge is 0.297 e. The number of nitrogen functional groups attached to an aromatic ring is 1. The first-order chi connectivity index (χ1) is 8.00. The molecule has 2 rings (SSSR count). The molecule has 0 saturated carbocycles. The lowest BCUT2D eigenvalue weighted by Crippen LogP contribution is -2.03. The van der Waals surface area contributed by atoms with Crippen LogP contribution in [0.5, 0.6) is 0 Å². The summed E-state index contributed by atoms with van der Waals surface area (Å²) < 4.78 is 31.3. The van der Waals surface area contributed by atoms with Gasteiger partial charge in [-0.1, -0.05) is 30.3 Å². The summed E-state index contributed by atoms with van der Waals surface area (Å²) in [4.78, 5) is -0.222. The van der Waals surface area contributed by atoms with E-state index in [-0.39, 0.29) is 10.6 Å². The Morgan fingerprint density at radius 2 is 1.65 bits per heavy atom. The largest absolute Gasteiger partial charge is 0.398 e. The standard InChI is InChI=1S/C10H9NO3S.N2/c11-9-6-5-7-3-1-2-4-8(7)10(9)15(12,13)14;1-2/h1-6H,11H2,(H,12,13,14);. The van der Waals surface area contributed by atoms with Gasteiger partial charge >= 0.3 is 0 Å². The van der Waals surface area contributed by atoms with Crippen LogP contribution in [-0.4, -0.2) is 13.0 Å². The normalized spacial score (nSPS) is 10.5. The highest BCUT2D eigenvalue weighted by atomic mass is 32.2. The number of nitrogens with zero attached hydrogens (tertiary/aromatic N) is 2. The van der Waals surface area contributed by atoms with Crippen molar-refractivity contribution in [3.05, 3.63) is 36.4 Å². The second-order valence-electron chi connectivity index (χ2n) is 3.18. The highest BCUT2D eigenvalue weighted by Crippen LogP contribution is 2.27. The maximum atomic E-state index is 11.1. The van der Waals surface area contributed by atoms with E-state index in [1.54, 1.807) is 30.3 Å². The highest BCUT2D eigenvalue weighted by molar-refractivity contribution is 7.86. The first kappa shape index (κ1) is 12.9. The Labute approximate surface area is 97.8 Å². The average Bonchev–Trinajstić information content (AvgIpc) is 2.29. The van der Waals surface area contributed by atoms with E-state index in [2.05, 4.69) is 0 Å². The lowest BCUT2D eigenvalue weighted by atomic mass is 10.1. The Morgan fingerprint density at radius 1 is 1.06 bits per heavy atom. The summed E-state index contributed by atoms with van der Waals surface area (Å²) >= 11 is 0. The molecule has 0 fully saturated rings. The van der Waals surface area contributed by atoms with Gasteiger partial charge in [-0.05, 0) is 11.5 Å². The lowest BCUT2D eigenvalue weighted by molar-refractivity contribution is 0.484. The number of nitrogens with two attached hydrogens (primary N) is 1. The van der Waals surface area contributed by atoms with Gasteiger partial charge in [0, 0.05) is 16.2 Å². The topological polar surface area (TPSA) is 128 Å². The van der Waals surface area contributed by atoms with Crippen molar-refractivity contribution >= 4 is 26.6 Å². The molecule has 0 aliphatic heterocycles. The predicted molar refractivity (Wildman–Crippen MR) is 61.6 cm³/mol. The minimum atomic E-state index is -4.29. The van der Waals surface area contributed by atoms with Crippen LogP contribution in [0.1, 0.15) is 0 Å². The van der Waals surface area contributed by atoms with E-state index >= 15 is 0 Å². The van der Waals surface area contributed by atoms with Gasteiger partial charge in [-0.15, -0.1) is 0 Å². The molecule has 0 amide bonds. The molecule has 0 atom stereocenters. The monoisotopic (exact) mass is 251 g/mol. The second kappa shape index (κ2) is 4.78. The van der Waals surface area contributed by atoms with Crippen LogP contribution in [0.4, 0.5) is 5.69 Å². The van der Waals surface area contributed by atoms with Crippen molar-refractivity contribution in [2.45, 2.75) is 4.90 Å². The third-order valence-corrected chi connectivity index (χ3v) is 3.14. The molecule has 0 radical (unpaired) electrons. The van der Waals surface area contributed by atoms with Gasteiger partial charge in [-0.2, -0.15) is 8.42 Å². The fraction of sp³-hybridized carbons (Fsp3) is 0. The van der Waals surface area contributed by atoms with Crippen LogP contribution in [0.15, 0.2) is 41.3 Å². The molecule has 7 heteroatoms. The molecule has 0 unspecified atom stereocenters. The molecule has 0 heterocycles. The molecule has 2 aromatic carbocycles. The molecule has 0 saturated heterocycles. The van der Waals surface area contributed by atoms with Crippen molar-refractivity contribution in [1.82, 2.24) is 0 Å². The van der Waals surface area contributed by atoms with Crippen LogP contribution in [0.2, 0.25) is 0 Å². The van der Waals surface area contributed by atoms with Crippen molar-refractivity contribution in [3.63, 3.8) is 0 Å². The Balaban J connectivity index is 0.000000686. The van der Waals surface area contributed by atoms with E-state index in [0.29, 0.717) is 5.39 Å². The van der Waals surface area contributed by atoms with E-state index in [0.717, 1.165) is 5.39 Å². The molecule has 0 aliphatic rings. The van der Waals surface area contributed by atoms with Crippen LogP contribution >= 0.6 is 0 Å². The molecular formula is C10H9N3O3S. The zero-order chi connectivity index (χ0) is 13.1. The minimum absolute atomic E-state index is 0.0520. The number of hydrogen-bond donors (Lipinski definition) is 2. The molecule has 0 aromatic heterocycles. The van der Waals surface area contributed by atoms with Crippen molar-refractivity contribution < 1.29 is 13.0 Å². The first-order valence-electron chi connectivity index (χ1n) is 4.45. The summed E-state index contributed by atoms with van der Waals surface area (Å²) in [6.07, 6.45) is 0. The van der Waals surface area contributed by atoms with Gasteiger partial charge in [0.1, 0.15) is 4.90 Å². The Kier molecular flexibility index (Phi) is 3.62. The van der Waals surface area contributed by atoms with E-state index in [1.807, 2.05) is 0 Å². The molecular weight excluding hydrogens is 242 g/mol. The van der Waals surface area contributed by atoms with E-state index in [4.69, 9.17) is 21.1 Å². The van der Waals surface area contributed by atoms with Gasteiger partial charge in [0.15, 0.2) is 0 Å². The number of fused-ring (bicyclic) bond motifs is 1. The quantitative estimate of drug-likeness (QED) is 0.451. The van der Waals surface area contributed by atoms with Gasteiger partial charge < -0.3 is 5.73 Å². The zero-order valence-electron chi connectivity index (χ0n) is 8.61. The van der Waals surface area contributed by atoms with Gasteiger partial charge in [0.25, 0.3) is 10.1 Å². The van der Waals surface area contributed by atoms with Crippen molar-refractivity contribution in [1.29, 1.82) is 10.8 Å². The maximum Gasteiger partial charge on any atom is 0.297 e. The molecule has 88 valence electrons. The SMILES string of the molecule is N#N.Nc1ccc2ccccc2c1S(=O)(=O)O. The summed E-state index contributed by atoms with van der Waals surface area (Å²) in [6, 6.07) is 10.0. The van der Waals surface area contributed by atoms with Crippen LogP contribution in [0.3, 0.4) is 0 Å². The van der Waals surface area contributed by atoms with E-state index in [1.165, 1.54) is 6.07 Å². The van der Waals surface area contributed by atoms with Crippen LogP contribution < -0.4 is 5.73 Å². The predicted octanol–water partition coefficient (Wildman–Crippen LogP) is 1.70. The Hall–Kier alpha value is -2.17. The number of hydrogen-bond acceptors (Lipinski definition) is 5. The van der Waals surface area contributed by atoms with Crippen LogP contribution in [0.25, 0.3) is 10.8 Å². The highest BCUT2D eigenvalue weighted by Gasteiger charge is 2.17. The number of anilines is 1. The molecule has 3 N–H and O–H groups in total. The maximum absolute atomic E-state index is 11.1. The lowest BCUT2D eigenvalue weighted by Gasteiger charge is -2.06. The van der Waals surface area contributed by atoms with Crippen molar-refractivity contribution in [3.8, 4) is 0 Å². The molecule has 0 aliphatic carbocycles. The van der Waals surface area contributed by atoms with Gasteiger partial charge in [0.05, 0.1) is 5.69 Å². The Morgan fingerprint density at radius 3 is 2.24 bits per heavy atom. The van der Waals surface area contributed by atoms with Crippen LogP contribution in [0, 0.1) is 10.8 Å². The summed E-state index contributed by atoms with van der Waals surface area (Å²) in [5.74, 6) is 0. The number of rotatable bonds is 1. The third kappa shape index (κ3) is 2.50. The summed E-state index contributed by atoms with van der Waals surface area (Å²) in [5.41, 5.74) is 5.59. The summed E-state index contributed by atoms with van der Waals surface area (Å²) in [7, 11) is -4.29. The van der Waals surface area contributed by atoms with E-state index in [9.17, 15) is 8.42 Å². The average molecular weight is 251 g/mol. The molecule has 0 spiro atoms. The van der Waals surface area contributed by atoms with Crippen molar-refractivity contribution in [2.24, 2.45) is 0 Å². The zero-order valence-corrected chi connectivity index (χ0v) is 9.42. The summed E-state index contributed by atoms with van der Waals surface area (Å²) in [5, 5.41) is 13.2. The molecule has 6 nitrogen and oxygen atoms in total.